The Morgan fingerprint density at radius 2 is 2.00 bits per heavy atom. The lowest BCUT2D eigenvalue weighted by Crippen LogP contribution is -2.39. The third kappa shape index (κ3) is 6.51. The van der Waals surface area contributed by atoms with E-state index in [1.807, 2.05) is 6.92 Å². The molecule has 0 saturated carbocycles. The largest absolute Gasteiger partial charge is 0.375 e. The molecule has 1 N–H and O–H groups in total. The summed E-state index contributed by atoms with van der Waals surface area (Å²) in [5.41, 5.74) is 3.70. The van der Waals surface area contributed by atoms with Gasteiger partial charge in [-0.05, 0) is 52.3 Å². The second-order valence-electron chi connectivity index (χ2n) is 8.28. The number of nitrogens with one attached hydrogen (secondary N) is 1. The third-order valence-corrected chi connectivity index (χ3v) is 6.88. The van der Waals surface area contributed by atoms with Crippen molar-refractivity contribution in [2.24, 2.45) is 4.99 Å². The molecular weight excluding hydrogens is 406 g/mol. The van der Waals surface area contributed by atoms with Gasteiger partial charge >= 0.3 is 0 Å². The quantitative estimate of drug-likeness (QED) is 0.460. The fourth-order valence-corrected chi connectivity index (χ4v) is 4.76. The van der Waals surface area contributed by atoms with E-state index in [9.17, 15) is 0 Å². The number of thiazole rings is 1. The van der Waals surface area contributed by atoms with Crippen LogP contribution in [0.25, 0.3) is 0 Å². The van der Waals surface area contributed by atoms with Gasteiger partial charge in [0.05, 0.1) is 24.8 Å². The van der Waals surface area contributed by atoms with E-state index in [1.54, 1.807) is 18.4 Å². The highest BCUT2D eigenvalue weighted by Crippen LogP contribution is 2.26. The van der Waals surface area contributed by atoms with Crippen molar-refractivity contribution in [2.75, 3.05) is 40.3 Å². The van der Waals surface area contributed by atoms with Crippen LogP contribution in [0.5, 0.6) is 0 Å². The van der Waals surface area contributed by atoms with E-state index in [0.717, 1.165) is 49.4 Å². The number of hydrogen-bond acceptors (Lipinski definition) is 5. The zero-order valence-corrected chi connectivity index (χ0v) is 20.4. The second kappa shape index (κ2) is 11.6. The number of benzene rings is 1. The summed E-state index contributed by atoms with van der Waals surface area (Å²) < 4.78 is 5.40. The Balaban J connectivity index is 1.73. The fraction of sp³-hybridized carbons (Fsp3) is 0.583. The molecule has 0 bridgehead atoms. The molecule has 6 nitrogen and oxygen atoms in total. The molecule has 0 amide bonds. The van der Waals surface area contributed by atoms with E-state index >= 15 is 0 Å². The van der Waals surface area contributed by atoms with Crippen molar-refractivity contribution in [1.82, 2.24) is 20.1 Å². The number of guanidine groups is 1. The van der Waals surface area contributed by atoms with Crippen LogP contribution in [0.1, 0.15) is 60.7 Å². The maximum Gasteiger partial charge on any atom is 0.194 e. The van der Waals surface area contributed by atoms with Crippen molar-refractivity contribution in [3.8, 4) is 0 Å². The Labute approximate surface area is 191 Å². The van der Waals surface area contributed by atoms with Crippen LogP contribution in [-0.4, -0.2) is 61.1 Å². The molecule has 3 rings (SSSR count). The zero-order chi connectivity index (χ0) is 22.2. The maximum atomic E-state index is 5.40. The summed E-state index contributed by atoms with van der Waals surface area (Å²) in [7, 11) is 3.80. The SMILES string of the molecule is CCNC(=NCC(c1ccc(C)cc1)N1CCCC1)N(C)Cc1csc(C(C)OC)n1. The van der Waals surface area contributed by atoms with Crippen LogP contribution < -0.4 is 5.32 Å². The molecular formula is C24H37N5OS. The molecule has 31 heavy (non-hydrogen) atoms. The van der Waals surface area contributed by atoms with Gasteiger partial charge in [0.1, 0.15) is 11.1 Å². The van der Waals surface area contributed by atoms with Crippen LogP contribution in [0, 0.1) is 6.92 Å². The molecule has 1 fully saturated rings. The van der Waals surface area contributed by atoms with Crippen LogP contribution >= 0.6 is 11.3 Å². The van der Waals surface area contributed by atoms with Gasteiger partial charge in [0.25, 0.3) is 0 Å². The van der Waals surface area contributed by atoms with Crippen molar-refractivity contribution in [2.45, 2.75) is 52.3 Å². The summed E-state index contributed by atoms with van der Waals surface area (Å²) in [6, 6.07) is 9.26. The van der Waals surface area contributed by atoms with Gasteiger partial charge in [0.15, 0.2) is 5.96 Å². The summed E-state index contributed by atoms with van der Waals surface area (Å²) in [5, 5.41) is 6.59. The Bertz CT molecular complexity index is 829. The summed E-state index contributed by atoms with van der Waals surface area (Å²) in [6.45, 7) is 10.9. The lowest BCUT2D eigenvalue weighted by atomic mass is 10.0. The molecule has 1 aromatic carbocycles. The molecule has 2 aromatic rings. The van der Waals surface area contributed by atoms with Crippen molar-refractivity contribution >= 4 is 17.3 Å². The minimum absolute atomic E-state index is 0.0293. The predicted octanol–water partition coefficient (Wildman–Crippen LogP) is 4.39. The highest BCUT2D eigenvalue weighted by molar-refractivity contribution is 7.09. The van der Waals surface area contributed by atoms with E-state index in [2.05, 4.69) is 65.7 Å². The predicted molar refractivity (Wildman–Crippen MR) is 130 cm³/mol. The van der Waals surface area contributed by atoms with Gasteiger partial charge in [0, 0.05) is 26.1 Å². The van der Waals surface area contributed by atoms with E-state index in [0.29, 0.717) is 6.04 Å². The van der Waals surface area contributed by atoms with Crippen molar-refractivity contribution < 1.29 is 4.74 Å². The zero-order valence-electron chi connectivity index (χ0n) is 19.6. The Morgan fingerprint density at radius 1 is 1.29 bits per heavy atom. The lowest BCUT2D eigenvalue weighted by Gasteiger charge is -2.28. The normalized spacial score (nSPS) is 17.0. The molecule has 0 aliphatic carbocycles. The molecule has 2 atom stereocenters. The standard InChI is InChI=1S/C24H37N5OS/c1-6-25-24(28(4)16-21-17-31-23(27-21)19(3)30-5)26-15-22(29-13-7-8-14-29)20-11-9-18(2)10-12-20/h9-12,17,19,22H,6-8,13-16H2,1-5H3,(H,25,26). The van der Waals surface area contributed by atoms with Crippen molar-refractivity contribution in [3.63, 3.8) is 0 Å². The third-order valence-electron chi connectivity index (χ3n) is 5.82. The summed E-state index contributed by atoms with van der Waals surface area (Å²) in [5.74, 6) is 0.924. The van der Waals surface area contributed by atoms with E-state index in [1.165, 1.54) is 24.0 Å². The monoisotopic (exact) mass is 443 g/mol. The van der Waals surface area contributed by atoms with Crippen molar-refractivity contribution in [3.05, 3.63) is 51.5 Å². The molecule has 0 radical (unpaired) electrons. The van der Waals surface area contributed by atoms with E-state index < -0.39 is 0 Å². The Hall–Kier alpha value is -1.96. The van der Waals surface area contributed by atoms with Gasteiger partial charge in [-0.25, -0.2) is 4.98 Å². The highest BCUT2D eigenvalue weighted by Gasteiger charge is 2.23. The molecule has 0 spiro atoms. The average molecular weight is 444 g/mol. The molecule has 1 aromatic heterocycles. The summed E-state index contributed by atoms with van der Waals surface area (Å²) in [6.07, 6.45) is 2.58. The number of aliphatic imine (C=N–C) groups is 1. The first-order chi connectivity index (χ1) is 15.0. The van der Waals surface area contributed by atoms with Crippen LogP contribution in [0.3, 0.4) is 0 Å². The minimum atomic E-state index is 0.0293. The number of methoxy groups -OCH3 is 1. The summed E-state index contributed by atoms with van der Waals surface area (Å²) in [4.78, 5) is 14.5. The van der Waals surface area contributed by atoms with Gasteiger partial charge in [-0.15, -0.1) is 11.3 Å². The number of hydrogen-bond donors (Lipinski definition) is 1. The topological polar surface area (TPSA) is 53.0 Å². The first kappa shape index (κ1) is 23.7. The maximum absolute atomic E-state index is 5.40. The molecule has 2 unspecified atom stereocenters. The Morgan fingerprint density at radius 3 is 2.65 bits per heavy atom. The summed E-state index contributed by atoms with van der Waals surface area (Å²) >= 11 is 1.65. The van der Waals surface area contributed by atoms with Gasteiger partial charge in [0.2, 0.25) is 0 Å². The van der Waals surface area contributed by atoms with Crippen LogP contribution in [-0.2, 0) is 11.3 Å². The highest BCUT2D eigenvalue weighted by atomic mass is 32.1. The van der Waals surface area contributed by atoms with Gasteiger partial charge in [-0.2, -0.15) is 0 Å². The number of rotatable bonds is 9. The first-order valence-electron chi connectivity index (χ1n) is 11.3. The molecule has 1 aliphatic rings. The average Bonchev–Trinajstić information content (AvgIpc) is 3.46. The number of aryl methyl sites for hydroxylation is 1. The van der Waals surface area contributed by atoms with E-state index in [-0.39, 0.29) is 6.10 Å². The molecule has 1 aliphatic heterocycles. The fourth-order valence-electron chi connectivity index (χ4n) is 3.92. The van der Waals surface area contributed by atoms with E-state index in [4.69, 9.17) is 14.7 Å². The number of ether oxygens (including phenoxy) is 1. The number of nitrogens with zero attached hydrogens (tertiary/aromatic N) is 4. The Kier molecular flexibility index (Phi) is 8.87. The minimum Gasteiger partial charge on any atom is -0.375 e. The lowest BCUT2D eigenvalue weighted by molar-refractivity contribution is 0.119. The number of aromatic nitrogens is 1. The molecule has 170 valence electrons. The smallest absolute Gasteiger partial charge is 0.194 e. The van der Waals surface area contributed by atoms with Crippen LogP contribution in [0.2, 0.25) is 0 Å². The molecule has 7 heteroatoms. The van der Waals surface area contributed by atoms with Gasteiger partial charge in [-0.3, -0.25) is 9.89 Å². The number of likely N-dealkylation sites (tertiary alicyclic amines) is 1. The van der Waals surface area contributed by atoms with Crippen LogP contribution in [0.4, 0.5) is 0 Å². The van der Waals surface area contributed by atoms with Crippen molar-refractivity contribution in [1.29, 1.82) is 0 Å². The first-order valence-corrected chi connectivity index (χ1v) is 12.2. The molecule has 2 heterocycles. The second-order valence-corrected chi connectivity index (χ2v) is 9.16. The van der Waals surface area contributed by atoms with Crippen LogP contribution in [0.15, 0.2) is 34.6 Å². The molecule has 1 saturated heterocycles. The van der Waals surface area contributed by atoms with Gasteiger partial charge in [-0.1, -0.05) is 29.8 Å². The van der Waals surface area contributed by atoms with Gasteiger partial charge < -0.3 is 15.0 Å².